The summed E-state index contributed by atoms with van der Waals surface area (Å²) in [5.74, 6) is 0.204. The first kappa shape index (κ1) is 20.5. The van der Waals surface area contributed by atoms with Crippen LogP contribution in [-0.2, 0) is 16.0 Å². The van der Waals surface area contributed by atoms with Gasteiger partial charge in [-0.1, -0.05) is 18.2 Å². The highest BCUT2D eigenvalue weighted by atomic mass is 32.2. The molecular weight excluding hydrogens is 392 g/mol. The Hall–Kier alpha value is -3.26. The lowest BCUT2D eigenvalue weighted by Crippen LogP contribution is -2.34. The predicted octanol–water partition coefficient (Wildman–Crippen LogP) is 3.33. The molecule has 0 bridgehead atoms. The summed E-state index contributed by atoms with van der Waals surface area (Å²) < 4.78 is 5.16. The lowest BCUT2D eigenvalue weighted by Gasteiger charge is -2.12. The third kappa shape index (κ3) is 5.86. The van der Waals surface area contributed by atoms with Crippen LogP contribution in [0.25, 0.3) is 6.08 Å². The van der Waals surface area contributed by atoms with Crippen LogP contribution in [0.3, 0.4) is 0 Å². The summed E-state index contributed by atoms with van der Waals surface area (Å²) in [5.41, 5.74) is 0.988. The molecule has 3 amide bonds. The average molecular weight is 412 g/mol. The van der Waals surface area contributed by atoms with E-state index < -0.39 is 5.91 Å². The van der Waals surface area contributed by atoms with Crippen molar-refractivity contribution in [3.63, 3.8) is 0 Å². The van der Waals surface area contributed by atoms with Crippen LogP contribution >= 0.6 is 11.8 Å². The molecule has 0 unspecified atom stereocenters. The van der Waals surface area contributed by atoms with Gasteiger partial charge in [0.15, 0.2) is 0 Å². The number of rotatable bonds is 8. The van der Waals surface area contributed by atoms with Gasteiger partial charge in [0.2, 0.25) is 5.91 Å². The average Bonchev–Trinajstić information content (AvgIpc) is 3.31. The summed E-state index contributed by atoms with van der Waals surface area (Å²) >= 11 is 0.851. The Morgan fingerprint density at radius 3 is 2.72 bits per heavy atom. The Labute approximate surface area is 172 Å². The molecule has 1 fully saturated rings. The summed E-state index contributed by atoms with van der Waals surface area (Å²) in [4.78, 5) is 37.8. The highest BCUT2D eigenvalue weighted by molar-refractivity contribution is 8.18. The van der Waals surface area contributed by atoms with Gasteiger partial charge in [0.05, 0.1) is 11.2 Å². The molecule has 0 aliphatic carbocycles. The molecular formula is C21H20N2O5S. The molecule has 7 nitrogen and oxygen atoms in total. The number of carbonyl (C=O) groups is 3. The van der Waals surface area contributed by atoms with E-state index in [-0.39, 0.29) is 29.9 Å². The molecule has 1 saturated heterocycles. The maximum Gasteiger partial charge on any atom is 0.293 e. The molecule has 2 heterocycles. The summed E-state index contributed by atoms with van der Waals surface area (Å²) in [5, 5.41) is 11.6. The maximum absolute atomic E-state index is 12.4. The number of furan rings is 1. The van der Waals surface area contributed by atoms with Gasteiger partial charge in [0, 0.05) is 19.5 Å². The quantitative estimate of drug-likeness (QED) is 0.645. The van der Waals surface area contributed by atoms with E-state index in [1.165, 1.54) is 0 Å². The molecule has 150 valence electrons. The number of benzene rings is 1. The van der Waals surface area contributed by atoms with E-state index in [9.17, 15) is 19.5 Å². The van der Waals surface area contributed by atoms with Crippen molar-refractivity contribution < 1.29 is 23.9 Å². The first-order valence-electron chi connectivity index (χ1n) is 9.03. The number of thioether (sulfide) groups is 1. The van der Waals surface area contributed by atoms with E-state index in [0.29, 0.717) is 23.6 Å². The fraction of sp³-hybridized carbons (Fsp3) is 0.190. The van der Waals surface area contributed by atoms with Crippen LogP contribution in [0.5, 0.6) is 5.75 Å². The van der Waals surface area contributed by atoms with Gasteiger partial charge in [-0.3, -0.25) is 19.3 Å². The van der Waals surface area contributed by atoms with Gasteiger partial charge in [-0.15, -0.1) is 0 Å². The number of imide groups is 1. The first-order chi connectivity index (χ1) is 14.0. The van der Waals surface area contributed by atoms with Gasteiger partial charge in [0.1, 0.15) is 11.5 Å². The van der Waals surface area contributed by atoms with E-state index in [0.717, 1.165) is 22.2 Å². The molecule has 2 aromatic rings. The van der Waals surface area contributed by atoms with Crippen molar-refractivity contribution in [1.29, 1.82) is 0 Å². The Morgan fingerprint density at radius 1 is 1.21 bits per heavy atom. The van der Waals surface area contributed by atoms with Crippen LogP contribution in [0.4, 0.5) is 4.79 Å². The molecule has 0 radical (unpaired) electrons. The van der Waals surface area contributed by atoms with E-state index in [4.69, 9.17) is 4.42 Å². The smallest absolute Gasteiger partial charge is 0.293 e. The second-order valence-corrected chi connectivity index (χ2v) is 7.24. The van der Waals surface area contributed by atoms with Crippen molar-refractivity contribution in [2.45, 2.75) is 12.8 Å². The summed E-state index contributed by atoms with van der Waals surface area (Å²) in [7, 11) is 0. The summed E-state index contributed by atoms with van der Waals surface area (Å²) in [6.45, 7) is 0.470. The third-order valence-electron chi connectivity index (χ3n) is 4.16. The van der Waals surface area contributed by atoms with Crippen molar-refractivity contribution in [2.24, 2.45) is 0 Å². The minimum absolute atomic E-state index is 0.0367. The van der Waals surface area contributed by atoms with Gasteiger partial charge in [-0.2, -0.15) is 0 Å². The molecule has 0 spiro atoms. The lowest BCUT2D eigenvalue weighted by atomic mass is 10.1. The van der Waals surface area contributed by atoms with Crippen molar-refractivity contribution in [3.05, 3.63) is 71.0 Å². The zero-order chi connectivity index (χ0) is 20.6. The highest BCUT2D eigenvalue weighted by Crippen LogP contribution is 2.30. The molecule has 8 heteroatoms. The SMILES string of the molecule is O=C(CCN1C(=O)SC(=CC=Cc2ccco2)C1=O)NCCc1ccc(O)cc1. The molecule has 29 heavy (non-hydrogen) atoms. The predicted molar refractivity (Wildman–Crippen MR) is 110 cm³/mol. The Morgan fingerprint density at radius 2 is 2.00 bits per heavy atom. The number of hydrogen-bond acceptors (Lipinski definition) is 6. The molecule has 1 aliphatic heterocycles. The van der Waals surface area contributed by atoms with Gasteiger partial charge in [-0.25, -0.2) is 0 Å². The molecule has 0 saturated carbocycles. The summed E-state index contributed by atoms with van der Waals surface area (Å²) in [6.07, 6.45) is 7.11. The lowest BCUT2D eigenvalue weighted by molar-refractivity contribution is -0.124. The zero-order valence-electron chi connectivity index (χ0n) is 15.5. The van der Waals surface area contributed by atoms with Crippen LogP contribution in [0.15, 0.2) is 64.1 Å². The molecule has 1 aliphatic rings. The molecule has 2 N–H and O–H groups in total. The highest BCUT2D eigenvalue weighted by Gasteiger charge is 2.34. The van der Waals surface area contributed by atoms with Crippen LogP contribution in [0, 0.1) is 0 Å². The Kier molecular flexibility index (Phi) is 6.91. The normalized spacial score (nSPS) is 15.6. The molecule has 1 aromatic carbocycles. The van der Waals surface area contributed by atoms with Crippen LogP contribution in [0.1, 0.15) is 17.7 Å². The maximum atomic E-state index is 12.4. The second-order valence-electron chi connectivity index (χ2n) is 6.25. The van der Waals surface area contributed by atoms with Gasteiger partial charge in [-0.05, 0) is 60.2 Å². The number of carbonyl (C=O) groups excluding carboxylic acids is 3. The van der Waals surface area contributed by atoms with Gasteiger partial charge in [0.25, 0.3) is 11.1 Å². The van der Waals surface area contributed by atoms with Crippen molar-refractivity contribution in [1.82, 2.24) is 10.2 Å². The van der Waals surface area contributed by atoms with Gasteiger partial charge < -0.3 is 14.8 Å². The fourth-order valence-electron chi connectivity index (χ4n) is 2.63. The number of phenolic OH excluding ortho intramolecular Hbond substituents is 1. The molecule has 0 atom stereocenters. The number of hydrogen-bond donors (Lipinski definition) is 2. The molecule has 1 aromatic heterocycles. The Balaban J connectivity index is 1.43. The number of nitrogens with one attached hydrogen (secondary N) is 1. The second kappa shape index (κ2) is 9.79. The van der Waals surface area contributed by atoms with Crippen molar-refractivity contribution in [3.8, 4) is 5.75 Å². The number of amides is 3. The minimum Gasteiger partial charge on any atom is -0.508 e. The monoisotopic (exact) mass is 412 g/mol. The van der Waals surface area contributed by atoms with Crippen LogP contribution < -0.4 is 5.32 Å². The van der Waals surface area contributed by atoms with E-state index in [1.54, 1.807) is 60.9 Å². The topological polar surface area (TPSA) is 99.9 Å². The van der Waals surface area contributed by atoms with Crippen LogP contribution in [0.2, 0.25) is 0 Å². The van der Waals surface area contributed by atoms with Gasteiger partial charge >= 0.3 is 0 Å². The van der Waals surface area contributed by atoms with E-state index >= 15 is 0 Å². The largest absolute Gasteiger partial charge is 0.508 e. The van der Waals surface area contributed by atoms with Crippen LogP contribution in [-0.4, -0.2) is 40.1 Å². The first-order valence-corrected chi connectivity index (χ1v) is 9.85. The number of allylic oxidation sites excluding steroid dienone is 2. The van der Waals surface area contributed by atoms with E-state index in [1.807, 2.05) is 0 Å². The van der Waals surface area contributed by atoms with Crippen molar-refractivity contribution >= 4 is 34.9 Å². The molecule has 3 rings (SSSR count). The van der Waals surface area contributed by atoms with Crippen molar-refractivity contribution in [2.75, 3.05) is 13.1 Å². The fourth-order valence-corrected chi connectivity index (χ4v) is 3.45. The minimum atomic E-state index is -0.402. The zero-order valence-corrected chi connectivity index (χ0v) is 16.4. The number of phenols is 1. The standard InChI is InChI=1S/C21H20N2O5S/c24-16-8-6-15(7-9-16)10-12-22-19(25)11-13-23-20(26)18(29-21(23)27)5-1-3-17-4-2-14-28-17/h1-9,14,24H,10-13H2,(H,22,25). The van der Waals surface area contributed by atoms with E-state index in [2.05, 4.69) is 5.32 Å². The number of aromatic hydroxyl groups is 1. The third-order valence-corrected chi connectivity index (χ3v) is 5.09. The summed E-state index contributed by atoms with van der Waals surface area (Å²) in [6, 6.07) is 10.3. The Bertz CT molecular complexity index is 932. The number of nitrogens with zero attached hydrogens (tertiary/aromatic N) is 1.